The summed E-state index contributed by atoms with van der Waals surface area (Å²) in [6, 6.07) is 0. The molecule has 2 aliphatic rings. The standard InChI is InChI=1S/C13H16ClN5O/c14-11-8-19-10-1-2-15-7-9(10)16-13(19)12(17-11)18-3-5-20-6-4-18/h8,15H,1-7H2. The molecule has 0 amide bonds. The summed E-state index contributed by atoms with van der Waals surface area (Å²) < 4.78 is 7.51. The molecule has 6 nitrogen and oxygen atoms in total. The maximum atomic E-state index is 6.21. The summed E-state index contributed by atoms with van der Waals surface area (Å²) >= 11 is 6.21. The first-order chi connectivity index (χ1) is 9.83. The molecular formula is C13H16ClN5O. The Balaban J connectivity index is 1.89. The van der Waals surface area contributed by atoms with Crippen molar-refractivity contribution in [3.8, 4) is 0 Å². The minimum atomic E-state index is 0.512. The van der Waals surface area contributed by atoms with E-state index in [-0.39, 0.29) is 0 Å². The lowest BCUT2D eigenvalue weighted by atomic mass is 10.2. The molecule has 0 aliphatic carbocycles. The maximum Gasteiger partial charge on any atom is 0.180 e. The summed E-state index contributed by atoms with van der Waals surface area (Å²) in [5, 5.41) is 3.86. The highest BCUT2D eigenvalue weighted by Crippen LogP contribution is 2.26. The number of ether oxygens (including phenoxy) is 1. The first-order valence-electron chi connectivity index (χ1n) is 6.93. The van der Waals surface area contributed by atoms with E-state index in [1.807, 2.05) is 6.20 Å². The van der Waals surface area contributed by atoms with E-state index >= 15 is 0 Å². The Hall–Kier alpha value is -1.37. The summed E-state index contributed by atoms with van der Waals surface area (Å²) in [7, 11) is 0. The molecule has 0 atom stereocenters. The van der Waals surface area contributed by atoms with Crippen LogP contribution in [0.15, 0.2) is 6.20 Å². The third-order valence-corrected chi connectivity index (χ3v) is 4.07. The molecule has 0 spiro atoms. The van der Waals surface area contributed by atoms with Crippen LogP contribution in [0, 0.1) is 0 Å². The van der Waals surface area contributed by atoms with Gasteiger partial charge in [-0.15, -0.1) is 0 Å². The monoisotopic (exact) mass is 293 g/mol. The molecule has 0 unspecified atom stereocenters. The van der Waals surface area contributed by atoms with Gasteiger partial charge in [-0.3, -0.25) is 4.40 Å². The minimum Gasteiger partial charge on any atom is -0.378 e. The Morgan fingerprint density at radius 1 is 1.25 bits per heavy atom. The predicted molar refractivity (Wildman–Crippen MR) is 76.4 cm³/mol. The Kier molecular flexibility index (Phi) is 3.02. The Morgan fingerprint density at radius 2 is 2.10 bits per heavy atom. The van der Waals surface area contributed by atoms with Gasteiger partial charge >= 0.3 is 0 Å². The van der Waals surface area contributed by atoms with Crippen LogP contribution in [0.4, 0.5) is 5.82 Å². The molecular weight excluding hydrogens is 278 g/mol. The molecule has 106 valence electrons. The number of hydrogen-bond donors (Lipinski definition) is 1. The van der Waals surface area contributed by atoms with E-state index in [2.05, 4.69) is 19.6 Å². The van der Waals surface area contributed by atoms with E-state index in [0.717, 1.165) is 63.0 Å². The van der Waals surface area contributed by atoms with Gasteiger partial charge in [-0.1, -0.05) is 11.6 Å². The third kappa shape index (κ3) is 1.95. The molecule has 0 saturated carbocycles. The second-order valence-corrected chi connectivity index (χ2v) is 5.50. The number of fused-ring (bicyclic) bond motifs is 3. The molecule has 0 aromatic carbocycles. The number of morpholine rings is 1. The van der Waals surface area contributed by atoms with Crippen LogP contribution >= 0.6 is 11.6 Å². The second kappa shape index (κ2) is 4.87. The molecule has 4 heterocycles. The normalized spacial score (nSPS) is 19.4. The van der Waals surface area contributed by atoms with Crippen LogP contribution in [0.5, 0.6) is 0 Å². The van der Waals surface area contributed by atoms with Gasteiger partial charge in [0.25, 0.3) is 0 Å². The van der Waals surface area contributed by atoms with Crippen LogP contribution in [-0.4, -0.2) is 47.2 Å². The van der Waals surface area contributed by atoms with E-state index in [1.165, 1.54) is 5.69 Å². The highest BCUT2D eigenvalue weighted by molar-refractivity contribution is 6.29. The van der Waals surface area contributed by atoms with E-state index in [9.17, 15) is 0 Å². The van der Waals surface area contributed by atoms with Gasteiger partial charge in [-0.25, -0.2) is 9.97 Å². The molecule has 1 saturated heterocycles. The average Bonchev–Trinajstić information content (AvgIpc) is 2.86. The van der Waals surface area contributed by atoms with E-state index in [1.54, 1.807) is 0 Å². The van der Waals surface area contributed by atoms with Crippen LogP contribution in [0.2, 0.25) is 5.15 Å². The smallest absolute Gasteiger partial charge is 0.180 e. The third-order valence-electron chi connectivity index (χ3n) is 3.88. The van der Waals surface area contributed by atoms with Gasteiger partial charge in [-0.05, 0) is 0 Å². The van der Waals surface area contributed by atoms with Gasteiger partial charge in [0.2, 0.25) is 0 Å². The van der Waals surface area contributed by atoms with Crippen LogP contribution in [-0.2, 0) is 17.7 Å². The molecule has 1 N–H and O–H groups in total. The van der Waals surface area contributed by atoms with Crippen molar-refractivity contribution in [1.82, 2.24) is 19.7 Å². The highest BCUT2D eigenvalue weighted by Gasteiger charge is 2.22. The molecule has 1 fully saturated rings. The fourth-order valence-electron chi connectivity index (χ4n) is 2.90. The summed E-state index contributed by atoms with van der Waals surface area (Å²) in [5.41, 5.74) is 3.26. The summed E-state index contributed by atoms with van der Waals surface area (Å²) in [5.74, 6) is 0.871. The number of halogens is 1. The topological polar surface area (TPSA) is 54.7 Å². The van der Waals surface area contributed by atoms with Gasteiger partial charge in [0.1, 0.15) is 5.15 Å². The summed E-state index contributed by atoms with van der Waals surface area (Å²) in [6.45, 7) is 4.91. The molecule has 2 aliphatic heterocycles. The Morgan fingerprint density at radius 3 is 2.95 bits per heavy atom. The molecule has 4 rings (SSSR count). The van der Waals surface area contributed by atoms with Crippen molar-refractivity contribution in [3.63, 3.8) is 0 Å². The van der Waals surface area contributed by atoms with Crippen molar-refractivity contribution in [3.05, 3.63) is 22.7 Å². The van der Waals surface area contributed by atoms with E-state index in [4.69, 9.17) is 21.3 Å². The number of nitrogens with zero attached hydrogens (tertiary/aromatic N) is 4. The zero-order valence-electron chi connectivity index (χ0n) is 11.1. The van der Waals surface area contributed by atoms with Crippen LogP contribution in [0.1, 0.15) is 11.4 Å². The van der Waals surface area contributed by atoms with Crippen molar-refractivity contribution in [2.24, 2.45) is 0 Å². The van der Waals surface area contributed by atoms with Crippen molar-refractivity contribution >= 4 is 23.1 Å². The lowest BCUT2D eigenvalue weighted by Gasteiger charge is -2.28. The highest BCUT2D eigenvalue weighted by atomic mass is 35.5. The van der Waals surface area contributed by atoms with Gasteiger partial charge in [0.15, 0.2) is 11.5 Å². The zero-order chi connectivity index (χ0) is 13.5. The Labute approximate surface area is 121 Å². The second-order valence-electron chi connectivity index (χ2n) is 5.11. The molecule has 0 radical (unpaired) electrons. The first kappa shape index (κ1) is 12.4. The molecule has 2 aromatic rings. The van der Waals surface area contributed by atoms with Gasteiger partial charge in [-0.2, -0.15) is 0 Å². The number of anilines is 1. The predicted octanol–water partition coefficient (Wildman–Crippen LogP) is 0.865. The number of hydrogen-bond acceptors (Lipinski definition) is 5. The van der Waals surface area contributed by atoms with Crippen LogP contribution in [0.3, 0.4) is 0 Å². The number of imidazole rings is 1. The van der Waals surface area contributed by atoms with Crippen molar-refractivity contribution in [1.29, 1.82) is 0 Å². The van der Waals surface area contributed by atoms with Gasteiger partial charge in [0, 0.05) is 44.5 Å². The van der Waals surface area contributed by atoms with Crippen molar-refractivity contribution in [2.75, 3.05) is 37.7 Å². The molecule has 0 bridgehead atoms. The van der Waals surface area contributed by atoms with E-state index < -0.39 is 0 Å². The number of aromatic nitrogens is 3. The zero-order valence-corrected chi connectivity index (χ0v) is 11.9. The molecule has 7 heteroatoms. The quantitative estimate of drug-likeness (QED) is 0.845. The van der Waals surface area contributed by atoms with E-state index in [0.29, 0.717) is 5.15 Å². The lowest BCUT2D eigenvalue weighted by Crippen LogP contribution is -2.37. The fourth-order valence-corrected chi connectivity index (χ4v) is 3.08. The van der Waals surface area contributed by atoms with Crippen LogP contribution < -0.4 is 10.2 Å². The number of rotatable bonds is 1. The SMILES string of the molecule is Clc1cn2c3c(nc2c(N2CCOCC2)n1)CNCC3. The molecule has 2 aromatic heterocycles. The largest absolute Gasteiger partial charge is 0.378 e. The fraction of sp³-hybridized carbons (Fsp3) is 0.538. The maximum absolute atomic E-state index is 6.21. The van der Waals surface area contributed by atoms with Gasteiger partial charge in [0.05, 0.1) is 18.9 Å². The minimum absolute atomic E-state index is 0.512. The summed E-state index contributed by atoms with van der Waals surface area (Å²) in [4.78, 5) is 11.5. The lowest BCUT2D eigenvalue weighted by molar-refractivity contribution is 0.122. The van der Waals surface area contributed by atoms with Crippen molar-refractivity contribution < 1.29 is 4.74 Å². The van der Waals surface area contributed by atoms with Crippen molar-refractivity contribution in [2.45, 2.75) is 13.0 Å². The Bertz CT molecular complexity index is 650. The van der Waals surface area contributed by atoms with Crippen LogP contribution in [0.25, 0.3) is 5.65 Å². The molecule has 20 heavy (non-hydrogen) atoms. The van der Waals surface area contributed by atoms with Gasteiger partial charge < -0.3 is 15.0 Å². The average molecular weight is 294 g/mol. The first-order valence-corrected chi connectivity index (χ1v) is 7.30. The number of nitrogens with one attached hydrogen (secondary N) is 1. The summed E-state index contributed by atoms with van der Waals surface area (Å²) in [6.07, 6.45) is 2.84.